The number of H-pyrrole nitrogens is 2. The van der Waals surface area contributed by atoms with Crippen LogP contribution in [0.25, 0.3) is 142 Å². The molecule has 2 heteroatoms. The maximum Gasteiger partial charge on any atom is 0.0551 e. The van der Waals surface area contributed by atoms with Gasteiger partial charge in [-0.2, -0.15) is 0 Å². The quantitative estimate of drug-likeness (QED) is 0.173. The zero-order valence-electron chi connectivity index (χ0n) is 35.9. The van der Waals surface area contributed by atoms with Crippen molar-refractivity contribution in [3.63, 3.8) is 0 Å². The van der Waals surface area contributed by atoms with Gasteiger partial charge in [-0.05, 0) is 112 Å². The van der Waals surface area contributed by atoms with Crippen LogP contribution in [0.15, 0.2) is 231 Å². The van der Waals surface area contributed by atoms with Gasteiger partial charge in [-0.3, -0.25) is 0 Å². The molecule has 0 aliphatic rings. The van der Waals surface area contributed by atoms with Gasteiger partial charge in [0.15, 0.2) is 0 Å². The maximum atomic E-state index is 4.07. The average Bonchev–Trinajstić information content (AvgIpc) is 3.97. The highest BCUT2D eigenvalue weighted by atomic mass is 14.7. The fraction of sp³-hybridized carbons (Fsp3) is 0. The van der Waals surface area contributed by atoms with E-state index < -0.39 is 0 Å². The van der Waals surface area contributed by atoms with Crippen molar-refractivity contribution in [2.75, 3.05) is 0 Å². The molecule has 2 heterocycles. The molecule has 306 valence electrons. The molecule has 0 fully saturated rings. The topological polar surface area (TPSA) is 31.6 Å². The SMILES string of the molecule is c1ccc(-c2cccc(-c3cc4ccccc4c4c3[nH]c3cc(-c5cccc6ccccc56)ccc34)c2-c2cc3ccccc3c3c2[nH]c2cc(-c4cccc5ccccc45)ccc23)cc1. The molecular weight excluding hydrogens is 797 g/mol. The molecule has 0 aliphatic carbocycles. The van der Waals surface area contributed by atoms with Crippen molar-refractivity contribution in [3.05, 3.63) is 231 Å². The Morgan fingerprint density at radius 1 is 0.227 bits per heavy atom. The molecule has 2 N–H and O–H groups in total. The van der Waals surface area contributed by atoms with Crippen molar-refractivity contribution >= 4 is 86.7 Å². The molecule has 2 aromatic heterocycles. The molecule has 0 atom stereocenters. The molecule has 14 aromatic rings. The Balaban J connectivity index is 1.07. The van der Waals surface area contributed by atoms with Crippen LogP contribution < -0.4 is 0 Å². The van der Waals surface area contributed by atoms with Crippen LogP contribution in [0.5, 0.6) is 0 Å². The number of aromatic nitrogens is 2. The highest BCUT2D eigenvalue weighted by Gasteiger charge is 2.23. The summed E-state index contributed by atoms with van der Waals surface area (Å²) in [6.07, 6.45) is 0. The van der Waals surface area contributed by atoms with Crippen LogP contribution in [-0.2, 0) is 0 Å². The summed E-state index contributed by atoms with van der Waals surface area (Å²) >= 11 is 0. The number of hydrogen-bond acceptors (Lipinski definition) is 0. The Bertz CT molecular complexity index is 4270. The summed E-state index contributed by atoms with van der Waals surface area (Å²) < 4.78 is 0. The lowest BCUT2D eigenvalue weighted by Gasteiger charge is -2.19. The van der Waals surface area contributed by atoms with E-state index in [0.717, 1.165) is 22.1 Å². The Morgan fingerprint density at radius 2 is 0.652 bits per heavy atom. The second-order valence-electron chi connectivity index (χ2n) is 17.7. The smallest absolute Gasteiger partial charge is 0.0551 e. The van der Waals surface area contributed by atoms with Crippen molar-refractivity contribution in [3.8, 4) is 55.6 Å². The van der Waals surface area contributed by atoms with Gasteiger partial charge in [0.1, 0.15) is 0 Å². The molecule has 0 spiro atoms. The maximum absolute atomic E-state index is 4.07. The first-order valence-electron chi connectivity index (χ1n) is 22.8. The van der Waals surface area contributed by atoms with Gasteiger partial charge in [-0.15, -0.1) is 0 Å². The minimum atomic E-state index is 1.12. The predicted molar refractivity (Wildman–Crippen MR) is 282 cm³/mol. The lowest BCUT2D eigenvalue weighted by molar-refractivity contribution is 1.52. The number of nitrogens with one attached hydrogen (secondary N) is 2. The highest BCUT2D eigenvalue weighted by molar-refractivity contribution is 6.28. The van der Waals surface area contributed by atoms with Crippen molar-refractivity contribution < 1.29 is 0 Å². The van der Waals surface area contributed by atoms with Gasteiger partial charge in [-0.1, -0.05) is 206 Å². The molecule has 0 aliphatic heterocycles. The summed E-state index contributed by atoms with van der Waals surface area (Å²) in [5.74, 6) is 0. The summed E-state index contributed by atoms with van der Waals surface area (Å²) in [5.41, 5.74) is 16.5. The van der Waals surface area contributed by atoms with E-state index in [2.05, 4.69) is 240 Å². The zero-order chi connectivity index (χ0) is 43.3. The van der Waals surface area contributed by atoms with E-state index in [4.69, 9.17) is 0 Å². The Kier molecular flexibility index (Phi) is 8.02. The lowest BCUT2D eigenvalue weighted by Crippen LogP contribution is -1.93. The van der Waals surface area contributed by atoms with Gasteiger partial charge < -0.3 is 9.97 Å². The molecule has 14 rings (SSSR count). The predicted octanol–water partition coefficient (Wildman–Crippen LogP) is 17.9. The van der Waals surface area contributed by atoms with Gasteiger partial charge in [-0.25, -0.2) is 0 Å². The largest absolute Gasteiger partial charge is 0.354 e. The number of rotatable bonds is 5. The Morgan fingerprint density at radius 3 is 1.23 bits per heavy atom. The first-order valence-corrected chi connectivity index (χ1v) is 22.8. The van der Waals surface area contributed by atoms with Crippen LogP contribution in [0.3, 0.4) is 0 Å². The Labute approximate surface area is 381 Å². The van der Waals surface area contributed by atoms with Crippen molar-refractivity contribution in [1.29, 1.82) is 0 Å². The van der Waals surface area contributed by atoms with Crippen LogP contribution in [0.1, 0.15) is 0 Å². The second-order valence-corrected chi connectivity index (χ2v) is 17.7. The van der Waals surface area contributed by atoms with E-state index in [1.54, 1.807) is 0 Å². The first kappa shape index (κ1) is 36.7. The third-order valence-electron chi connectivity index (χ3n) is 14.1. The molecule has 2 nitrogen and oxygen atoms in total. The van der Waals surface area contributed by atoms with Crippen LogP contribution >= 0.6 is 0 Å². The van der Waals surface area contributed by atoms with Crippen LogP contribution in [-0.4, -0.2) is 9.97 Å². The van der Waals surface area contributed by atoms with Crippen LogP contribution in [0.2, 0.25) is 0 Å². The van der Waals surface area contributed by atoms with E-state index in [9.17, 15) is 0 Å². The van der Waals surface area contributed by atoms with Crippen LogP contribution in [0.4, 0.5) is 0 Å². The lowest BCUT2D eigenvalue weighted by atomic mass is 9.84. The van der Waals surface area contributed by atoms with E-state index in [1.165, 1.54) is 120 Å². The summed E-state index contributed by atoms with van der Waals surface area (Å²) in [6, 6.07) is 84.9. The van der Waals surface area contributed by atoms with Crippen LogP contribution in [0, 0.1) is 0 Å². The third kappa shape index (κ3) is 5.55. The molecule has 0 bridgehead atoms. The minimum absolute atomic E-state index is 1.12. The van der Waals surface area contributed by atoms with Crippen molar-refractivity contribution in [2.45, 2.75) is 0 Å². The van der Waals surface area contributed by atoms with Gasteiger partial charge >= 0.3 is 0 Å². The molecule has 0 amide bonds. The first-order chi connectivity index (χ1) is 32.7. The molecule has 66 heavy (non-hydrogen) atoms. The summed E-state index contributed by atoms with van der Waals surface area (Å²) in [5, 5.41) is 14.8. The van der Waals surface area contributed by atoms with Crippen molar-refractivity contribution in [2.24, 2.45) is 0 Å². The molecule has 12 aromatic carbocycles. The highest BCUT2D eigenvalue weighted by Crippen LogP contribution is 2.49. The molecule has 0 saturated heterocycles. The second kappa shape index (κ2) is 14.4. The van der Waals surface area contributed by atoms with Gasteiger partial charge in [0.25, 0.3) is 0 Å². The summed E-state index contributed by atoms with van der Waals surface area (Å²) in [6.45, 7) is 0. The monoisotopic (exact) mass is 836 g/mol. The summed E-state index contributed by atoms with van der Waals surface area (Å²) in [4.78, 5) is 8.12. The minimum Gasteiger partial charge on any atom is -0.354 e. The molecular formula is C64H40N2. The van der Waals surface area contributed by atoms with Crippen molar-refractivity contribution in [1.82, 2.24) is 9.97 Å². The third-order valence-corrected chi connectivity index (χ3v) is 14.1. The number of fused-ring (bicyclic) bond motifs is 12. The van der Waals surface area contributed by atoms with Gasteiger partial charge in [0, 0.05) is 43.7 Å². The van der Waals surface area contributed by atoms with E-state index in [-0.39, 0.29) is 0 Å². The van der Waals surface area contributed by atoms with E-state index in [0.29, 0.717) is 0 Å². The Hall–Kier alpha value is -8.72. The molecule has 0 radical (unpaired) electrons. The normalized spacial score (nSPS) is 11.9. The number of aromatic amines is 2. The fourth-order valence-corrected chi connectivity index (χ4v) is 11.1. The van der Waals surface area contributed by atoms with Gasteiger partial charge in [0.2, 0.25) is 0 Å². The molecule has 0 unspecified atom stereocenters. The summed E-state index contributed by atoms with van der Waals surface area (Å²) in [7, 11) is 0. The molecule has 0 saturated carbocycles. The van der Waals surface area contributed by atoms with E-state index >= 15 is 0 Å². The standard InChI is InChI=1S/C64H40N2/c1-2-15-41(16-3-1)50-29-14-30-53(56-35-42-19-6-10-25-51(42)61-54-33-31-44(37-58(54)65-63(56)61)48-27-12-21-39-17-4-8-23-46(39)48)60(50)57-36-43-20-7-11-26-52(43)62-55-34-32-45(38-59(55)66-64(57)62)49-28-13-22-40-18-5-9-24-47(40)49/h1-38,65-66H. The van der Waals surface area contributed by atoms with E-state index in [1.807, 2.05) is 0 Å². The average molecular weight is 837 g/mol. The zero-order valence-corrected chi connectivity index (χ0v) is 35.9. The van der Waals surface area contributed by atoms with Gasteiger partial charge in [0.05, 0.1) is 11.0 Å². The number of hydrogen-bond donors (Lipinski definition) is 2. The number of benzene rings is 12. The fourth-order valence-electron chi connectivity index (χ4n) is 11.1.